The van der Waals surface area contributed by atoms with Crippen molar-refractivity contribution >= 4 is 55.6 Å². The Bertz CT molecular complexity index is 1250. The van der Waals surface area contributed by atoms with Crippen LogP contribution in [0.25, 0.3) is 10.4 Å². The van der Waals surface area contributed by atoms with Gasteiger partial charge in [-0.05, 0) is 13.2 Å². The zero-order valence-corrected chi connectivity index (χ0v) is 20.0. The van der Waals surface area contributed by atoms with Gasteiger partial charge < -0.3 is 19.9 Å². The summed E-state index contributed by atoms with van der Waals surface area (Å²) in [7, 11) is -3.78. The molecule has 32 heavy (non-hydrogen) atoms. The number of carboxylic acid groups (broad SMARTS) is 1. The van der Waals surface area contributed by atoms with Gasteiger partial charge >= 0.3 is 0 Å². The minimum absolute atomic E-state index is 0.123. The molecule has 4 heterocycles. The molecule has 4 N–H and O–H groups in total. The van der Waals surface area contributed by atoms with E-state index in [0.717, 1.165) is 9.86 Å². The highest BCUT2D eigenvalue weighted by Gasteiger charge is 2.59. The molecule has 1 amide bonds. The van der Waals surface area contributed by atoms with E-state index < -0.39 is 40.1 Å². The van der Waals surface area contributed by atoms with Crippen LogP contribution in [0.5, 0.6) is 0 Å². The molecule has 1 fully saturated rings. The number of carbonyl (C=O) groups excluding carboxylic acids is 2. The zero-order valence-electron chi connectivity index (χ0n) is 17.5. The van der Waals surface area contributed by atoms with Gasteiger partial charge in [-0.15, -0.1) is 0 Å². The van der Waals surface area contributed by atoms with E-state index in [1.54, 1.807) is 12.5 Å². The number of fused-ring (bicyclic) bond motifs is 2. The number of β-lactam (4-membered cyclic amide) rings is 1. The highest BCUT2D eigenvalue weighted by molar-refractivity contribution is 7.98. The van der Waals surface area contributed by atoms with Crippen LogP contribution in [0, 0.1) is 11.8 Å². The summed E-state index contributed by atoms with van der Waals surface area (Å²) in [6.45, 7) is 3.87. The maximum absolute atomic E-state index is 12.5. The number of thioether (sulfide) groups is 1. The molecule has 0 unspecified atom stereocenters. The van der Waals surface area contributed by atoms with Crippen molar-refractivity contribution in [1.29, 1.82) is 0 Å². The van der Waals surface area contributed by atoms with E-state index in [4.69, 9.17) is 5.14 Å². The van der Waals surface area contributed by atoms with E-state index in [1.165, 1.54) is 34.9 Å². The number of aromatic nitrogens is 2. The quantitative estimate of drug-likeness (QED) is 0.217. The number of nitrogens with one attached hydrogen (secondary N) is 1. The summed E-state index contributed by atoms with van der Waals surface area (Å²) >= 11 is 2.85. The molecule has 0 radical (unpaired) electrons. The van der Waals surface area contributed by atoms with Gasteiger partial charge in [-0.2, -0.15) is 17.5 Å². The molecule has 174 valence electrons. The Labute approximate surface area is 192 Å². The van der Waals surface area contributed by atoms with Gasteiger partial charge in [-0.3, -0.25) is 4.79 Å². The summed E-state index contributed by atoms with van der Waals surface area (Å²) in [6.07, 6.45) is 4.61. The van der Waals surface area contributed by atoms with Crippen molar-refractivity contribution in [1.82, 2.24) is 14.0 Å². The molecule has 0 aromatic carbocycles. The van der Waals surface area contributed by atoms with Crippen molar-refractivity contribution in [3.05, 3.63) is 23.1 Å². The van der Waals surface area contributed by atoms with Gasteiger partial charge in [-0.25, -0.2) is 9.71 Å². The first kappa shape index (κ1) is 23.2. The van der Waals surface area contributed by atoms with Gasteiger partial charge in [0.15, 0.2) is 0 Å². The van der Waals surface area contributed by atoms with Crippen LogP contribution in [-0.4, -0.2) is 59.6 Å². The van der Waals surface area contributed by atoms with Gasteiger partial charge in [-0.1, -0.05) is 30.0 Å². The second-order valence-electron chi connectivity index (χ2n) is 7.87. The summed E-state index contributed by atoms with van der Waals surface area (Å²) in [5, 5.41) is 27.8. The van der Waals surface area contributed by atoms with Gasteiger partial charge in [0, 0.05) is 18.0 Å². The number of aliphatic hydroxyl groups is 1. The number of carboxylic acids is 1. The molecule has 2 aromatic heterocycles. The van der Waals surface area contributed by atoms with Crippen molar-refractivity contribution in [2.45, 2.75) is 37.6 Å². The Hall–Kier alpha value is -1.97. The van der Waals surface area contributed by atoms with Crippen LogP contribution in [0.2, 0.25) is 0 Å². The van der Waals surface area contributed by atoms with Crippen LogP contribution in [0.3, 0.4) is 0 Å². The smallest absolute Gasteiger partial charge is 0.274 e. The number of aliphatic carboxylic acids is 1. The van der Waals surface area contributed by atoms with Crippen molar-refractivity contribution in [2.75, 3.05) is 12.8 Å². The van der Waals surface area contributed by atoms with Gasteiger partial charge in [0.25, 0.3) is 16.5 Å². The van der Waals surface area contributed by atoms with Crippen molar-refractivity contribution in [3.8, 4) is 0 Å². The lowest BCUT2D eigenvalue weighted by atomic mass is 9.77. The normalized spacial score (nSPS) is 24.2. The van der Waals surface area contributed by atoms with E-state index >= 15 is 0 Å². The molecule has 11 nitrogen and oxygen atoms in total. The lowest BCUT2D eigenvalue weighted by Gasteiger charge is -2.47. The lowest BCUT2D eigenvalue weighted by molar-refractivity contribution is -0.727. The topological polar surface area (TPSA) is 161 Å². The SMILES string of the molecule is CSc1c2sc(C3=C(C(=O)[O-])N4C(=O)[C@H]([C@@H](C)O)[C@H]4[C@H]3C)cn2c[n+]1CCNS(N)(=O)=O. The average Bonchev–Trinajstić information content (AvgIpc) is 3.27. The number of nitrogens with two attached hydrogens (primary N) is 1. The number of hydrogen-bond donors (Lipinski definition) is 3. The minimum Gasteiger partial charge on any atom is -0.543 e. The van der Waals surface area contributed by atoms with Crippen LogP contribution < -0.4 is 19.5 Å². The molecular weight excluding hydrogens is 478 g/mol. The molecule has 1 saturated heterocycles. The predicted molar refractivity (Wildman–Crippen MR) is 115 cm³/mol. The molecular formula is C18H23N5O6S3. The van der Waals surface area contributed by atoms with E-state index in [9.17, 15) is 28.2 Å². The van der Waals surface area contributed by atoms with Crippen LogP contribution in [0.1, 0.15) is 18.7 Å². The third-order valence-corrected chi connectivity index (χ3v) is 8.58. The van der Waals surface area contributed by atoms with Gasteiger partial charge in [0.2, 0.25) is 15.8 Å². The standard InChI is InChI=1S/C18H23N5O6S3/c1-8-11(14(18(26)27)23-13(8)12(9(2)24)15(23)25)10-6-22-7-21(5-4-20-32(19,28)29)16(30-3)17(22)31-10/h6-9,12-13,20,24H,4-5H2,1-3H3,(H2-,19,26,27,28,29)/t8-,9+,12+,13+/m0/s1. The fourth-order valence-corrected chi connectivity index (χ4v) is 7.19. The monoisotopic (exact) mass is 501 g/mol. The van der Waals surface area contributed by atoms with E-state index in [1.807, 2.05) is 22.1 Å². The molecule has 14 heteroatoms. The molecule has 2 aromatic rings. The number of hydrogen-bond acceptors (Lipinski definition) is 8. The first-order chi connectivity index (χ1) is 15.0. The Morgan fingerprint density at radius 2 is 2.19 bits per heavy atom. The summed E-state index contributed by atoms with van der Waals surface area (Å²) in [5.74, 6) is -2.75. The van der Waals surface area contributed by atoms with E-state index in [0.29, 0.717) is 17.0 Å². The fraction of sp³-hybridized carbons (Fsp3) is 0.500. The first-order valence-corrected chi connectivity index (χ1v) is 13.4. The van der Waals surface area contributed by atoms with E-state index in [2.05, 4.69) is 4.72 Å². The summed E-state index contributed by atoms with van der Waals surface area (Å²) in [6, 6.07) is -0.416. The largest absolute Gasteiger partial charge is 0.543 e. The van der Waals surface area contributed by atoms with Gasteiger partial charge in [0.1, 0.15) is 12.7 Å². The molecule has 2 aliphatic heterocycles. The number of thiazole rings is 1. The molecule has 0 bridgehead atoms. The van der Waals surface area contributed by atoms with Crippen molar-refractivity contribution in [3.63, 3.8) is 0 Å². The van der Waals surface area contributed by atoms with Gasteiger partial charge in [0.05, 0.1) is 34.6 Å². The second kappa shape index (κ2) is 8.11. The molecule has 4 atom stereocenters. The minimum atomic E-state index is -3.78. The van der Waals surface area contributed by atoms with Crippen LogP contribution >= 0.6 is 23.1 Å². The lowest BCUT2D eigenvalue weighted by Crippen LogP contribution is -2.64. The Kier molecular flexibility index (Phi) is 5.88. The number of aliphatic hydroxyl groups excluding tert-OH is 1. The molecule has 2 aliphatic rings. The Balaban J connectivity index is 1.71. The fourth-order valence-electron chi connectivity index (χ4n) is 4.61. The number of amides is 1. The number of carbonyl (C=O) groups is 2. The van der Waals surface area contributed by atoms with Crippen LogP contribution in [-0.2, 0) is 26.3 Å². The molecule has 0 saturated carbocycles. The molecule has 0 spiro atoms. The Morgan fingerprint density at radius 1 is 1.50 bits per heavy atom. The van der Waals surface area contributed by atoms with Crippen molar-refractivity contribution < 1.29 is 32.8 Å². The second-order valence-corrected chi connectivity index (χ2v) is 11.1. The van der Waals surface area contributed by atoms with Crippen LogP contribution in [0.15, 0.2) is 23.2 Å². The summed E-state index contributed by atoms with van der Waals surface area (Å²) in [5.41, 5.74) is 0.388. The third kappa shape index (κ3) is 3.64. The highest BCUT2D eigenvalue weighted by Crippen LogP contribution is 2.51. The van der Waals surface area contributed by atoms with E-state index in [-0.39, 0.29) is 18.2 Å². The molecule has 0 aliphatic carbocycles. The number of nitrogens with zero attached hydrogens (tertiary/aromatic N) is 3. The molecule has 4 rings (SSSR count). The Morgan fingerprint density at radius 3 is 2.75 bits per heavy atom. The van der Waals surface area contributed by atoms with Crippen LogP contribution in [0.4, 0.5) is 0 Å². The predicted octanol–water partition coefficient (Wildman–Crippen LogP) is -1.88. The third-order valence-electron chi connectivity index (χ3n) is 5.89. The highest BCUT2D eigenvalue weighted by atomic mass is 32.2. The summed E-state index contributed by atoms with van der Waals surface area (Å²) < 4.78 is 28.2. The maximum atomic E-state index is 12.5. The average molecular weight is 502 g/mol. The summed E-state index contributed by atoms with van der Waals surface area (Å²) in [4.78, 5) is 27.3. The first-order valence-electron chi connectivity index (χ1n) is 9.78. The van der Waals surface area contributed by atoms with Crippen molar-refractivity contribution in [2.24, 2.45) is 17.0 Å². The number of imidazole rings is 1. The zero-order chi connectivity index (χ0) is 23.5. The maximum Gasteiger partial charge on any atom is 0.274 e. The number of rotatable bonds is 8.